The molecule has 2 N–H and O–H groups in total. The number of aliphatic hydroxyl groups is 1. The van der Waals surface area contributed by atoms with Crippen molar-refractivity contribution in [3.05, 3.63) is 0 Å². The molecule has 2 heterocycles. The van der Waals surface area contributed by atoms with E-state index in [0.717, 1.165) is 19.6 Å². The molecule has 70 valence electrons. The molecule has 0 saturated carbocycles. The summed E-state index contributed by atoms with van der Waals surface area (Å²) < 4.78 is 5.48. The lowest BCUT2D eigenvalue weighted by Gasteiger charge is -2.33. The van der Waals surface area contributed by atoms with Gasteiger partial charge in [0.25, 0.3) is 0 Å². The van der Waals surface area contributed by atoms with E-state index < -0.39 is 0 Å². The first kappa shape index (κ1) is 8.48. The molecule has 2 atom stereocenters. The molecule has 1 spiro atoms. The van der Waals surface area contributed by atoms with Crippen LogP contribution in [0.4, 0.5) is 0 Å². The topological polar surface area (TPSA) is 41.5 Å². The van der Waals surface area contributed by atoms with Gasteiger partial charge < -0.3 is 15.2 Å². The molecule has 0 aromatic rings. The lowest BCUT2D eigenvalue weighted by Crippen LogP contribution is -2.49. The van der Waals surface area contributed by atoms with Gasteiger partial charge in [0, 0.05) is 5.54 Å². The van der Waals surface area contributed by atoms with Crippen molar-refractivity contribution in [1.29, 1.82) is 0 Å². The van der Waals surface area contributed by atoms with Gasteiger partial charge in [0.2, 0.25) is 0 Å². The molecule has 0 aromatic heterocycles. The number of aliphatic hydroxyl groups excluding tert-OH is 1. The zero-order chi connectivity index (χ0) is 8.44. The molecule has 0 bridgehead atoms. The number of ether oxygens (including phenoxy) is 1. The van der Waals surface area contributed by atoms with Crippen molar-refractivity contribution >= 4 is 0 Å². The normalized spacial score (nSPS) is 42.2. The van der Waals surface area contributed by atoms with E-state index in [0.29, 0.717) is 0 Å². The van der Waals surface area contributed by atoms with Crippen molar-refractivity contribution < 1.29 is 9.84 Å². The third kappa shape index (κ3) is 1.49. The summed E-state index contributed by atoms with van der Waals surface area (Å²) in [4.78, 5) is 0. The van der Waals surface area contributed by atoms with E-state index in [2.05, 4.69) is 5.32 Å². The molecule has 0 aliphatic carbocycles. The summed E-state index contributed by atoms with van der Waals surface area (Å²) in [6, 6.07) is 0. The van der Waals surface area contributed by atoms with E-state index in [-0.39, 0.29) is 18.2 Å². The molecule has 3 heteroatoms. The predicted molar refractivity (Wildman–Crippen MR) is 46.0 cm³/mol. The quantitative estimate of drug-likeness (QED) is 0.595. The lowest BCUT2D eigenvalue weighted by atomic mass is 9.87. The van der Waals surface area contributed by atoms with Crippen LogP contribution in [0.1, 0.15) is 25.7 Å². The minimum Gasteiger partial charge on any atom is -0.394 e. The Bertz CT molecular complexity index is 155. The lowest BCUT2D eigenvalue weighted by molar-refractivity contribution is 0.0538. The van der Waals surface area contributed by atoms with Crippen LogP contribution in [0.5, 0.6) is 0 Å². The average Bonchev–Trinajstić information content (AvgIpc) is 2.50. The maximum Gasteiger partial charge on any atom is 0.0825 e. The Labute approximate surface area is 73.1 Å². The smallest absolute Gasteiger partial charge is 0.0825 e. The maximum absolute atomic E-state index is 8.93. The summed E-state index contributed by atoms with van der Waals surface area (Å²) in [5, 5.41) is 12.4. The number of nitrogens with one attached hydrogen (secondary N) is 1. The molecule has 2 fully saturated rings. The Morgan fingerprint density at radius 2 is 2.42 bits per heavy atom. The highest BCUT2D eigenvalue weighted by molar-refractivity contribution is 4.97. The van der Waals surface area contributed by atoms with Gasteiger partial charge in [0.05, 0.1) is 19.3 Å². The zero-order valence-electron chi connectivity index (χ0n) is 7.38. The van der Waals surface area contributed by atoms with Crippen molar-refractivity contribution in [2.75, 3.05) is 19.8 Å². The van der Waals surface area contributed by atoms with Gasteiger partial charge >= 0.3 is 0 Å². The fraction of sp³-hybridized carbons (Fsp3) is 1.00. The number of piperidine rings is 1. The van der Waals surface area contributed by atoms with Crippen molar-refractivity contribution in [2.24, 2.45) is 0 Å². The molecular weight excluding hydrogens is 154 g/mol. The van der Waals surface area contributed by atoms with Crippen LogP contribution < -0.4 is 5.32 Å². The van der Waals surface area contributed by atoms with Gasteiger partial charge in [-0.25, -0.2) is 0 Å². The molecule has 0 unspecified atom stereocenters. The highest BCUT2D eigenvalue weighted by atomic mass is 16.5. The van der Waals surface area contributed by atoms with Crippen LogP contribution in [0.25, 0.3) is 0 Å². The Hall–Kier alpha value is -0.120. The number of hydrogen-bond donors (Lipinski definition) is 2. The SMILES string of the molecule is OC[C@@H]1C[C@]2(CCCCN2)CO1. The second-order valence-electron chi connectivity index (χ2n) is 3.98. The first-order valence-electron chi connectivity index (χ1n) is 4.82. The Kier molecular flexibility index (Phi) is 2.35. The van der Waals surface area contributed by atoms with Crippen LogP contribution in [0.3, 0.4) is 0 Å². The van der Waals surface area contributed by atoms with Gasteiger partial charge in [-0.15, -0.1) is 0 Å². The molecule has 2 aliphatic heterocycles. The van der Waals surface area contributed by atoms with Crippen molar-refractivity contribution in [3.8, 4) is 0 Å². The number of rotatable bonds is 1. The molecule has 0 radical (unpaired) electrons. The summed E-state index contributed by atoms with van der Waals surface area (Å²) in [7, 11) is 0. The van der Waals surface area contributed by atoms with E-state index in [1.165, 1.54) is 19.3 Å². The molecule has 0 aromatic carbocycles. The van der Waals surface area contributed by atoms with Gasteiger partial charge in [0.15, 0.2) is 0 Å². The molecule has 2 rings (SSSR count). The Morgan fingerprint density at radius 3 is 3.00 bits per heavy atom. The van der Waals surface area contributed by atoms with E-state index in [1.54, 1.807) is 0 Å². The summed E-state index contributed by atoms with van der Waals surface area (Å²) in [6.45, 7) is 2.07. The van der Waals surface area contributed by atoms with E-state index >= 15 is 0 Å². The van der Waals surface area contributed by atoms with E-state index in [1.807, 2.05) is 0 Å². The van der Waals surface area contributed by atoms with Gasteiger partial charge in [-0.3, -0.25) is 0 Å². The molecule has 3 nitrogen and oxygen atoms in total. The van der Waals surface area contributed by atoms with Gasteiger partial charge in [0.1, 0.15) is 0 Å². The summed E-state index contributed by atoms with van der Waals surface area (Å²) >= 11 is 0. The minimum absolute atomic E-state index is 0.0793. The third-order valence-electron chi connectivity index (χ3n) is 3.00. The van der Waals surface area contributed by atoms with Crippen LogP contribution in [0.2, 0.25) is 0 Å². The highest BCUT2D eigenvalue weighted by Crippen LogP contribution is 2.31. The maximum atomic E-state index is 8.93. The van der Waals surface area contributed by atoms with E-state index in [4.69, 9.17) is 9.84 Å². The molecular formula is C9H17NO2. The first-order chi connectivity index (χ1) is 5.85. The van der Waals surface area contributed by atoms with Gasteiger partial charge in [-0.1, -0.05) is 6.42 Å². The van der Waals surface area contributed by atoms with Crippen molar-refractivity contribution in [1.82, 2.24) is 5.32 Å². The minimum atomic E-state index is 0.0793. The van der Waals surface area contributed by atoms with E-state index in [9.17, 15) is 0 Å². The third-order valence-corrected chi connectivity index (χ3v) is 3.00. The summed E-state index contributed by atoms with van der Waals surface area (Å²) in [6.07, 6.45) is 4.86. The van der Waals surface area contributed by atoms with Gasteiger partial charge in [-0.2, -0.15) is 0 Å². The Morgan fingerprint density at radius 1 is 1.50 bits per heavy atom. The zero-order valence-corrected chi connectivity index (χ0v) is 7.38. The largest absolute Gasteiger partial charge is 0.394 e. The average molecular weight is 171 g/mol. The first-order valence-corrected chi connectivity index (χ1v) is 4.82. The number of hydrogen-bond acceptors (Lipinski definition) is 3. The van der Waals surface area contributed by atoms with Crippen molar-refractivity contribution in [3.63, 3.8) is 0 Å². The highest BCUT2D eigenvalue weighted by Gasteiger charge is 2.40. The second-order valence-corrected chi connectivity index (χ2v) is 3.98. The summed E-state index contributed by atoms with van der Waals surface area (Å²) in [5.74, 6) is 0. The summed E-state index contributed by atoms with van der Waals surface area (Å²) in [5.41, 5.74) is 0.214. The van der Waals surface area contributed by atoms with Crippen molar-refractivity contribution in [2.45, 2.75) is 37.3 Å². The molecule has 12 heavy (non-hydrogen) atoms. The second kappa shape index (κ2) is 3.32. The predicted octanol–water partition coefficient (Wildman–Crippen LogP) is 0.280. The molecule has 0 amide bonds. The Balaban J connectivity index is 1.94. The standard InChI is InChI=1S/C9H17NO2/c11-6-8-5-9(7-12-8)3-1-2-4-10-9/h8,10-11H,1-7H2/t8-,9+/m0/s1. The van der Waals surface area contributed by atoms with Crippen LogP contribution in [0.15, 0.2) is 0 Å². The van der Waals surface area contributed by atoms with Crippen LogP contribution in [0, 0.1) is 0 Å². The monoisotopic (exact) mass is 171 g/mol. The fourth-order valence-electron chi connectivity index (χ4n) is 2.28. The van der Waals surface area contributed by atoms with Crippen LogP contribution >= 0.6 is 0 Å². The van der Waals surface area contributed by atoms with Gasteiger partial charge in [-0.05, 0) is 25.8 Å². The van der Waals surface area contributed by atoms with Crippen LogP contribution in [-0.4, -0.2) is 36.5 Å². The van der Waals surface area contributed by atoms with Crippen LogP contribution in [-0.2, 0) is 4.74 Å². The molecule has 2 aliphatic rings. The fourth-order valence-corrected chi connectivity index (χ4v) is 2.28. The molecule has 2 saturated heterocycles.